The first-order valence-corrected chi connectivity index (χ1v) is 16.8. The summed E-state index contributed by atoms with van der Waals surface area (Å²) >= 11 is 0. The molecule has 3 aromatic rings. The lowest BCUT2D eigenvalue weighted by Crippen LogP contribution is -2.15. The molecule has 7 nitrogen and oxygen atoms in total. The summed E-state index contributed by atoms with van der Waals surface area (Å²) in [5.74, 6) is -2.23. The van der Waals surface area contributed by atoms with Crippen LogP contribution in [0.1, 0.15) is 77.5 Å². The Bertz CT molecular complexity index is 1790. The van der Waals surface area contributed by atoms with Crippen molar-refractivity contribution in [3.8, 4) is 11.6 Å². The first-order valence-electron chi connectivity index (χ1n) is 14.7. The topological polar surface area (TPSA) is 103 Å². The molecule has 1 saturated carbocycles. The number of pyridine rings is 1. The number of alkyl halides is 3. The molecule has 0 amide bonds. The Morgan fingerprint density at radius 3 is 2.53 bits per heavy atom. The van der Waals surface area contributed by atoms with Crippen LogP contribution in [0.4, 0.5) is 17.6 Å². The van der Waals surface area contributed by atoms with Crippen LogP contribution in [-0.2, 0) is 39.3 Å². The van der Waals surface area contributed by atoms with Gasteiger partial charge in [0.05, 0.1) is 23.8 Å². The summed E-state index contributed by atoms with van der Waals surface area (Å²) in [5, 5.41) is 9.34. The van der Waals surface area contributed by atoms with Gasteiger partial charge in [0.2, 0.25) is 5.88 Å². The van der Waals surface area contributed by atoms with Crippen LogP contribution in [0.3, 0.4) is 0 Å². The maximum Gasteiger partial charge on any atom is 0.416 e. The SMILES string of the molecule is CC1(C)CC(c2ccc(OCCCS(C)(=O)=O)cc2C(F)(F)F)c2cc(COc3cc4c(cn3)[C@H]3[C@@H](C4)[C@@H]3C(=O)O)c(F)cc21. The molecule has 1 fully saturated rings. The Kier molecular flexibility index (Phi) is 7.65. The van der Waals surface area contributed by atoms with E-state index in [-0.39, 0.29) is 65.9 Å². The molecular formula is C33H33F4NO6S. The monoisotopic (exact) mass is 647 g/mol. The number of carboxylic acids is 1. The van der Waals surface area contributed by atoms with Crippen molar-refractivity contribution in [2.45, 2.75) is 63.1 Å². The molecule has 0 saturated heterocycles. The molecule has 45 heavy (non-hydrogen) atoms. The number of fused-ring (bicyclic) bond motifs is 4. The van der Waals surface area contributed by atoms with E-state index < -0.39 is 44.7 Å². The predicted octanol–water partition coefficient (Wildman–Crippen LogP) is 6.42. The number of hydrogen-bond acceptors (Lipinski definition) is 6. The van der Waals surface area contributed by atoms with Gasteiger partial charge >= 0.3 is 12.1 Å². The number of aliphatic carboxylic acids is 1. The minimum Gasteiger partial charge on any atom is -0.494 e. The number of carbonyl (C=O) groups is 1. The van der Waals surface area contributed by atoms with E-state index in [0.29, 0.717) is 24.0 Å². The van der Waals surface area contributed by atoms with Crippen LogP contribution in [0.2, 0.25) is 0 Å². The van der Waals surface area contributed by atoms with Gasteiger partial charge in [-0.1, -0.05) is 19.9 Å². The zero-order valence-corrected chi connectivity index (χ0v) is 25.8. The highest BCUT2D eigenvalue weighted by Gasteiger charge is 2.60. The standard InChI is InChI=1S/C33H33F4NO6S/c1-32(2)14-23(20-6-5-19(12-26(20)33(35,36)37)43-7-4-8-45(3,41)42)21-10-18(27(34)13-25(21)32)16-44-28-11-17-9-22-29(24(17)15-38-28)30(22)31(39)40/h5-6,10-13,15,22-23,29-30H,4,7-9,14,16H2,1-3H3,(H,39,40)/t22-,23?,29-,30+/m1/s1. The zero-order chi connectivity index (χ0) is 32.5. The summed E-state index contributed by atoms with van der Waals surface area (Å²) in [4.78, 5) is 15.7. The maximum atomic E-state index is 15.4. The van der Waals surface area contributed by atoms with E-state index in [1.54, 1.807) is 18.3 Å². The molecule has 1 heterocycles. The molecule has 4 atom stereocenters. The lowest BCUT2D eigenvalue weighted by Gasteiger charge is -2.22. The van der Waals surface area contributed by atoms with Crippen molar-refractivity contribution in [1.82, 2.24) is 4.98 Å². The summed E-state index contributed by atoms with van der Waals surface area (Å²) in [6.45, 7) is 3.52. The quantitative estimate of drug-likeness (QED) is 0.200. The van der Waals surface area contributed by atoms with Crippen molar-refractivity contribution >= 4 is 15.8 Å². The minimum absolute atomic E-state index is 0.0112. The van der Waals surface area contributed by atoms with Gasteiger partial charge in [0.15, 0.2) is 0 Å². The van der Waals surface area contributed by atoms with Gasteiger partial charge in [-0.05, 0) is 82.7 Å². The number of rotatable bonds is 10. The molecule has 1 aromatic heterocycles. The van der Waals surface area contributed by atoms with E-state index in [1.807, 2.05) is 13.8 Å². The molecule has 3 aliphatic rings. The fourth-order valence-corrected chi connectivity index (χ4v) is 7.79. The first kappa shape index (κ1) is 31.3. The number of hydrogen-bond donors (Lipinski definition) is 1. The van der Waals surface area contributed by atoms with Gasteiger partial charge in [0, 0.05) is 35.9 Å². The van der Waals surface area contributed by atoms with E-state index in [0.717, 1.165) is 23.4 Å². The Balaban J connectivity index is 1.24. The summed E-state index contributed by atoms with van der Waals surface area (Å²) in [5.41, 5.74) is 1.87. The third-order valence-corrected chi connectivity index (χ3v) is 10.3. The number of ether oxygens (including phenoxy) is 2. The third kappa shape index (κ3) is 6.13. The van der Waals surface area contributed by atoms with E-state index in [9.17, 15) is 31.5 Å². The number of benzene rings is 2. The van der Waals surface area contributed by atoms with Crippen molar-refractivity contribution in [1.29, 1.82) is 0 Å². The van der Waals surface area contributed by atoms with E-state index in [2.05, 4.69) is 4.98 Å². The Hall–Kier alpha value is -3.67. The minimum atomic E-state index is -4.69. The second-order valence-corrected chi connectivity index (χ2v) is 15.3. The normalized spacial score (nSPS) is 22.8. The molecule has 0 spiro atoms. The van der Waals surface area contributed by atoms with Crippen LogP contribution in [0.15, 0.2) is 42.6 Å². The molecule has 6 rings (SSSR count). The second-order valence-electron chi connectivity index (χ2n) is 13.0. The lowest BCUT2D eigenvalue weighted by atomic mass is 9.84. The van der Waals surface area contributed by atoms with Crippen molar-refractivity contribution in [3.05, 3.63) is 87.4 Å². The van der Waals surface area contributed by atoms with Crippen molar-refractivity contribution in [2.24, 2.45) is 11.8 Å². The molecule has 1 N–H and O–H groups in total. The van der Waals surface area contributed by atoms with Crippen LogP contribution in [0.5, 0.6) is 11.6 Å². The van der Waals surface area contributed by atoms with E-state index in [4.69, 9.17) is 9.47 Å². The van der Waals surface area contributed by atoms with Gasteiger partial charge in [-0.3, -0.25) is 4.79 Å². The van der Waals surface area contributed by atoms with Gasteiger partial charge in [0.25, 0.3) is 0 Å². The molecule has 0 radical (unpaired) electrons. The Morgan fingerprint density at radius 1 is 1.09 bits per heavy atom. The molecule has 240 valence electrons. The summed E-state index contributed by atoms with van der Waals surface area (Å²) < 4.78 is 92.5. The van der Waals surface area contributed by atoms with Gasteiger partial charge in [-0.25, -0.2) is 17.8 Å². The number of sulfone groups is 1. The third-order valence-electron chi connectivity index (χ3n) is 9.31. The molecule has 1 unspecified atom stereocenters. The molecule has 12 heteroatoms. The second kappa shape index (κ2) is 11.0. The van der Waals surface area contributed by atoms with Crippen LogP contribution in [-0.4, -0.2) is 43.1 Å². The van der Waals surface area contributed by atoms with Crippen LogP contribution in [0, 0.1) is 17.7 Å². The maximum absolute atomic E-state index is 15.4. The fourth-order valence-electron chi connectivity index (χ4n) is 7.15. The Labute approximate surface area is 258 Å². The summed E-state index contributed by atoms with van der Waals surface area (Å²) in [7, 11) is -3.22. The van der Waals surface area contributed by atoms with Gasteiger partial charge in [-0.2, -0.15) is 13.2 Å². The highest BCUT2D eigenvalue weighted by atomic mass is 32.2. The molecule has 3 aliphatic carbocycles. The predicted molar refractivity (Wildman–Crippen MR) is 157 cm³/mol. The summed E-state index contributed by atoms with van der Waals surface area (Å²) in [6, 6.07) is 8.49. The van der Waals surface area contributed by atoms with Gasteiger partial charge < -0.3 is 14.6 Å². The summed E-state index contributed by atoms with van der Waals surface area (Å²) in [6.07, 6.45) is -0.894. The number of nitrogens with zero attached hydrogens (tertiary/aromatic N) is 1. The van der Waals surface area contributed by atoms with Crippen LogP contribution >= 0.6 is 0 Å². The smallest absolute Gasteiger partial charge is 0.416 e. The molecule has 2 aromatic carbocycles. The average molecular weight is 648 g/mol. The largest absolute Gasteiger partial charge is 0.494 e. The average Bonchev–Trinajstić information content (AvgIpc) is 3.44. The number of aromatic nitrogens is 1. The number of halogens is 4. The van der Waals surface area contributed by atoms with Crippen LogP contribution in [0.25, 0.3) is 0 Å². The van der Waals surface area contributed by atoms with Gasteiger partial charge in [0.1, 0.15) is 28.0 Å². The first-order chi connectivity index (χ1) is 21.0. The van der Waals surface area contributed by atoms with Gasteiger partial charge in [-0.15, -0.1) is 0 Å². The van der Waals surface area contributed by atoms with Crippen LogP contribution < -0.4 is 9.47 Å². The van der Waals surface area contributed by atoms with Crippen molar-refractivity contribution in [3.63, 3.8) is 0 Å². The van der Waals surface area contributed by atoms with E-state index in [1.165, 1.54) is 18.2 Å². The van der Waals surface area contributed by atoms with Crippen molar-refractivity contribution in [2.75, 3.05) is 18.6 Å². The highest BCUT2D eigenvalue weighted by Crippen LogP contribution is 2.61. The highest BCUT2D eigenvalue weighted by molar-refractivity contribution is 7.90. The van der Waals surface area contributed by atoms with Crippen molar-refractivity contribution < 1.29 is 45.4 Å². The molecule has 0 bridgehead atoms. The molecular weight excluding hydrogens is 614 g/mol. The van der Waals surface area contributed by atoms with E-state index >= 15 is 4.39 Å². The zero-order valence-electron chi connectivity index (χ0n) is 24.9. The number of carboxylic acid groups (broad SMARTS) is 1. The molecule has 0 aliphatic heterocycles. The lowest BCUT2D eigenvalue weighted by molar-refractivity contribution is -0.139. The Morgan fingerprint density at radius 2 is 1.84 bits per heavy atom. The fraction of sp³-hybridized carbons (Fsp3) is 0.455.